The van der Waals surface area contributed by atoms with Crippen LogP contribution in [-0.2, 0) is 11.3 Å². The van der Waals surface area contributed by atoms with Crippen molar-refractivity contribution < 1.29 is 18.7 Å². The molecule has 1 aliphatic rings. The molecule has 0 spiro atoms. The van der Waals surface area contributed by atoms with Crippen molar-refractivity contribution in [2.45, 2.75) is 25.5 Å². The fourth-order valence-electron chi connectivity index (χ4n) is 2.91. The van der Waals surface area contributed by atoms with Gasteiger partial charge in [0.25, 0.3) is 5.91 Å². The van der Waals surface area contributed by atoms with E-state index < -0.39 is 5.82 Å². The predicted octanol–water partition coefficient (Wildman–Crippen LogP) is 3.05. The van der Waals surface area contributed by atoms with Gasteiger partial charge in [-0.15, -0.1) is 0 Å². The first-order valence-electron chi connectivity index (χ1n) is 8.31. The van der Waals surface area contributed by atoms with Crippen molar-refractivity contribution in [2.75, 3.05) is 20.3 Å². The minimum atomic E-state index is -0.463. The first kappa shape index (κ1) is 17.4. The normalized spacial score (nSPS) is 16.6. The van der Waals surface area contributed by atoms with Crippen LogP contribution >= 0.6 is 0 Å². The quantitative estimate of drug-likeness (QED) is 0.808. The Balaban J connectivity index is 1.80. The third kappa shape index (κ3) is 4.54. The van der Waals surface area contributed by atoms with Crippen molar-refractivity contribution in [1.82, 2.24) is 9.88 Å². The summed E-state index contributed by atoms with van der Waals surface area (Å²) in [5, 5.41) is 0. The van der Waals surface area contributed by atoms with E-state index in [0.29, 0.717) is 13.1 Å². The van der Waals surface area contributed by atoms with Crippen molar-refractivity contribution in [3.05, 3.63) is 59.7 Å². The average Bonchev–Trinajstić information content (AvgIpc) is 3.14. The zero-order valence-electron chi connectivity index (χ0n) is 14.2. The van der Waals surface area contributed by atoms with Gasteiger partial charge in [-0.3, -0.25) is 4.79 Å². The number of rotatable bonds is 6. The summed E-state index contributed by atoms with van der Waals surface area (Å²) in [6.45, 7) is 1.62. The van der Waals surface area contributed by atoms with Gasteiger partial charge in [0.05, 0.1) is 19.4 Å². The summed E-state index contributed by atoms with van der Waals surface area (Å²) in [6.07, 6.45) is 3.01. The monoisotopic (exact) mass is 344 g/mol. The molecule has 2 aromatic rings. The lowest BCUT2D eigenvalue weighted by Gasteiger charge is -2.25. The van der Waals surface area contributed by atoms with E-state index in [9.17, 15) is 9.18 Å². The lowest BCUT2D eigenvalue weighted by molar-refractivity contribution is 0.0502. The molecule has 1 aliphatic heterocycles. The largest absolute Gasteiger partial charge is 0.497 e. The molecule has 1 aromatic carbocycles. The zero-order chi connectivity index (χ0) is 17.6. The Morgan fingerprint density at radius 3 is 2.96 bits per heavy atom. The van der Waals surface area contributed by atoms with E-state index in [2.05, 4.69) is 4.98 Å². The standard InChI is InChI=1S/C19H21FN2O3/c1-24-16-5-2-4-14(10-16)12-22(13-17-6-3-9-25-17)19(23)18-8-7-15(20)11-21-18/h2,4-5,7-8,10-11,17H,3,6,9,12-13H2,1H3/t17-/m1/s1. The molecular weight excluding hydrogens is 323 g/mol. The first-order valence-corrected chi connectivity index (χ1v) is 8.31. The van der Waals surface area contributed by atoms with E-state index in [1.165, 1.54) is 12.1 Å². The maximum Gasteiger partial charge on any atom is 0.272 e. The van der Waals surface area contributed by atoms with Gasteiger partial charge in [0.2, 0.25) is 0 Å². The van der Waals surface area contributed by atoms with Gasteiger partial charge >= 0.3 is 0 Å². The first-order chi connectivity index (χ1) is 12.2. The number of pyridine rings is 1. The SMILES string of the molecule is COc1cccc(CN(C[C@H]2CCCO2)C(=O)c2ccc(F)cn2)c1. The lowest BCUT2D eigenvalue weighted by Crippen LogP contribution is -2.37. The Morgan fingerprint density at radius 2 is 2.28 bits per heavy atom. The molecule has 6 heteroatoms. The van der Waals surface area contributed by atoms with Crippen LogP contribution in [0.5, 0.6) is 5.75 Å². The van der Waals surface area contributed by atoms with Gasteiger partial charge in [0.15, 0.2) is 0 Å². The highest BCUT2D eigenvalue weighted by molar-refractivity contribution is 5.92. The number of methoxy groups -OCH3 is 1. The lowest BCUT2D eigenvalue weighted by atomic mass is 10.1. The molecule has 1 saturated heterocycles. The summed E-state index contributed by atoms with van der Waals surface area (Å²) in [5.74, 6) is 0.0373. The third-order valence-electron chi connectivity index (χ3n) is 4.19. The molecule has 0 saturated carbocycles. The van der Waals surface area contributed by atoms with Crippen molar-refractivity contribution in [3.8, 4) is 5.75 Å². The van der Waals surface area contributed by atoms with E-state index >= 15 is 0 Å². The topological polar surface area (TPSA) is 51.7 Å². The number of hydrogen-bond acceptors (Lipinski definition) is 4. The molecule has 132 valence electrons. The molecule has 1 atom stereocenters. The van der Waals surface area contributed by atoms with E-state index in [-0.39, 0.29) is 17.7 Å². The molecule has 0 radical (unpaired) electrons. The van der Waals surface area contributed by atoms with E-state index in [1.54, 1.807) is 12.0 Å². The number of carbonyl (C=O) groups excluding carboxylic acids is 1. The number of ether oxygens (including phenoxy) is 2. The molecule has 25 heavy (non-hydrogen) atoms. The molecule has 5 nitrogen and oxygen atoms in total. The fourth-order valence-corrected chi connectivity index (χ4v) is 2.91. The molecule has 0 bridgehead atoms. The third-order valence-corrected chi connectivity index (χ3v) is 4.19. The minimum Gasteiger partial charge on any atom is -0.497 e. The summed E-state index contributed by atoms with van der Waals surface area (Å²) >= 11 is 0. The zero-order valence-corrected chi connectivity index (χ0v) is 14.2. The van der Waals surface area contributed by atoms with Crippen LogP contribution in [0.15, 0.2) is 42.6 Å². The van der Waals surface area contributed by atoms with Crippen LogP contribution in [0, 0.1) is 5.82 Å². The predicted molar refractivity (Wildman–Crippen MR) is 90.9 cm³/mol. The molecule has 1 fully saturated rings. The smallest absolute Gasteiger partial charge is 0.272 e. The number of hydrogen-bond donors (Lipinski definition) is 0. The maximum absolute atomic E-state index is 13.1. The van der Waals surface area contributed by atoms with Crippen molar-refractivity contribution in [2.24, 2.45) is 0 Å². The Kier molecular flexibility index (Phi) is 5.60. The number of amides is 1. The number of carbonyl (C=O) groups is 1. The Morgan fingerprint density at radius 1 is 1.40 bits per heavy atom. The fraction of sp³-hybridized carbons (Fsp3) is 0.368. The summed E-state index contributed by atoms with van der Waals surface area (Å²) in [4.78, 5) is 18.5. The highest BCUT2D eigenvalue weighted by atomic mass is 19.1. The number of halogens is 1. The van der Waals surface area contributed by atoms with Crippen molar-refractivity contribution in [1.29, 1.82) is 0 Å². The van der Waals surface area contributed by atoms with E-state index in [4.69, 9.17) is 9.47 Å². The van der Waals surface area contributed by atoms with Gasteiger partial charge < -0.3 is 14.4 Å². The van der Waals surface area contributed by atoms with Gasteiger partial charge in [-0.25, -0.2) is 9.37 Å². The molecule has 3 rings (SSSR count). The Hall–Kier alpha value is -2.47. The van der Waals surface area contributed by atoms with E-state index in [0.717, 1.165) is 37.0 Å². The van der Waals surface area contributed by atoms with Gasteiger partial charge in [-0.2, -0.15) is 0 Å². The number of aromatic nitrogens is 1. The molecule has 0 aliphatic carbocycles. The van der Waals surface area contributed by atoms with Crippen LogP contribution in [0.4, 0.5) is 4.39 Å². The molecule has 1 amide bonds. The van der Waals surface area contributed by atoms with Crippen LogP contribution in [0.3, 0.4) is 0 Å². The van der Waals surface area contributed by atoms with Crippen LogP contribution in [0.2, 0.25) is 0 Å². The number of benzene rings is 1. The van der Waals surface area contributed by atoms with Crippen LogP contribution in [0.1, 0.15) is 28.9 Å². The van der Waals surface area contributed by atoms with Crippen molar-refractivity contribution >= 4 is 5.91 Å². The highest BCUT2D eigenvalue weighted by Gasteiger charge is 2.24. The second-order valence-electron chi connectivity index (χ2n) is 6.03. The second-order valence-corrected chi connectivity index (χ2v) is 6.03. The van der Waals surface area contributed by atoms with Gasteiger partial charge in [0.1, 0.15) is 17.3 Å². The van der Waals surface area contributed by atoms with Crippen LogP contribution < -0.4 is 4.74 Å². The summed E-state index contributed by atoms with van der Waals surface area (Å²) in [5.41, 5.74) is 1.18. The summed E-state index contributed by atoms with van der Waals surface area (Å²) < 4.78 is 24.0. The Bertz CT molecular complexity index is 715. The number of nitrogens with zero attached hydrogens (tertiary/aromatic N) is 2. The van der Waals surface area contributed by atoms with Crippen LogP contribution in [-0.4, -0.2) is 42.2 Å². The second kappa shape index (κ2) is 8.07. The maximum atomic E-state index is 13.1. The molecule has 1 aromatic heterocycles. The summed E-state index contributed by atoms with van der Waals surface area (Å²) in [7, 11) is 1.61. The van der Waals surface area contributed by atoms with Crippen LogP contribution in [0.25, 0.3) is 0 Å². The Labute approximate surface area is 146 Å². The minimum absolute atomic E-state index is 0.0232. The molecule has 2 heterocycles. The molecule has 0 N–H and O–H groups in total. The highest BCUT2D eigenvalue weighted by Crippen LogP contribution is 2.19. The van der Waals surface area contributed by atoms with Gasteiger partial charge in [0, 0.05) is 19.7 Å². The molecule has 0 unspecified atom stereocenters. The molecular formula is C19H21FN2O3. The van der Waals surface area contributed by atoms with Gasteiger partial charge in [-0.1, -0.05) is 12.1 Å². The van der Waals surface area contributed by atoms with Gasteiger partial charge in [-0.05, 0) is 42.7 Å². The van der Waals surface area contributed by atoms with E-state index in [1.807, 2.05) is 24.3 Å². The summed E-state index contributed by atoms with van der Waals surface area (Å²) in [6, 6.07) is 10.2. The van der Waals surface area contributed by atoms with Crippen molar-refractivity contribution in [3.63, 3.8) is 0 Å². The average molecular weight is 344 g/mol.